The number of benzene rings is 3. The summed E-state index contributed by atoms with van der Waals surface area (Å²) in [5.41, 5.74) is 2.44. The van der Waals surface area contributed by atoms with Crippen LogP contribution < -0.4 is 10.6 Å². The maximum absolute atomic E-state index is 13.9. The summed E-state index contributed by atoms with van der Waals surface area (Å²) in [5.74, 6) is -1.74. The van der Waals surface area contributed by atoms with E-state index >= 15 is 0 Å². The lowest BCUT2D eigenvalue weighted by Gasteiger charge is -2.25. The standard InChI is InChI=1S/C26H27FN2O2/c1-17(2)24(26(31)28-22-16-10-15-21(27)18(22)3)29-25(30)23(19-11-6-4-7-12-19)20-13-8-5-9-14-20/h4-17,23-24H,1-3H3,(H,28,31)(H,29,30)/t24-/m0/s1. The fourth-order valence-corrected chi connectivity index (χ4v) is 3.51. The van der Waals surface area contributed by atoms with E-state index in [1.807, 2.05) is 74.5 Å². The Morgan fingerprint density at radius 2 is 1.32 bits per heavy atom. The molecule has 0 bridgehead atoms. The zero-order valence-electron chi connectivity index (χ0n) is 17.9. The van der Waals surface area contributed by atoms with E-state index in [0.29, 0.717) is 11.3 Å². The second-order valence-corrected chi connectivity index (χ2v) is 7.89. The van der Waals surface area contributed by atoms with Crippen LogP contribution >= 0.6 is 0 Å². The molecule has 0 aliphatic carbocycles. The molecule has 5 heteroatoms. The second-order valence-electron chi connectivity index (χ2n) is 7.89. The molecule has 2 N–H and O–H groups in total. The van der Waals surface area contributed by atoms with Crippen LogP contribution in [0.4, 0.5) is 10.1 Å². The largest absolute Gasteiger partial charge is 0.343 e. The fraction of sp³-hybridized carbons (Fsp3) is 0.231. The zero-order valence-corrected chi connectivity index (χ0v) is 17.9. The number of carbonyl (C=O) groups is 2. The van der Waals surface area contributed by atoms with E-state index < -0.39 is 17.8 Å². The molecule has 160 valence electrons. The molecule has 0 heterocycles. The summed E-state index contributed by atoms with van der Waals surface area (Å²) >= 11 is 0. The minimum atomic E-state index is -0.773. The Kier molecular flexibility index (Phi) is 7.19. The topological polar surface area (TPSA) is 58.2 Å². The molecule has 0 unspecified atom stereocenters. The Bertz CT molecular complexity index is 996. The highest BCUT2D eigenvalue weighted by molar-refractivity contribution is 5.99. The van der Waals surface area contributed by atoms with Crippen LogP contribution in [0.15, 0.2) is 78.9 Å². The van der Waals surface area contributed by atoms with Crippen molar-refractivity contribution in [3.63, 3.8) is 0 Å². The van der Waals surface area contributed by atoms with E-state index in [9.17, 15) is 14.0 Å². The lowest BCUT2D eigenvalue weighted by molar-refractivity contribution is -0.127. The molecule has 0 saturated carbocycles. The highest BCUT2D eigenvalue weighted by Gasteiger charge is 2.30. The molecule has 3 rings (SSSR count). The summed E-state index contributed by atoms with van der Waals surface area (Å²) in [6.07, 6.45) is 0. The van der Waals surface area contributed by atoms with Gasteiger partial charge < -0.3 is 10.6 Å². The first-order valence-electron chi connectivity index (χ1n) is 10.3. The number of anilines is 1. The van der Waals surface area contributed by atoms with Gasteiger partial charge in [-0.2, -0.15) is 0 Å². The SMILES string of the molecule is Cc1c(F)cccc1NC(=O)[C@@H](NC(=O)C(c1ccccc1)c1ccccc1)C(C)C. The van der Waals surface area contributed by atoms with Gasteiger partial charge in [-0.1, -0.05) is 80.6 Å². The number of nitrogens with one attached hydrogen (secondary N) is 2. The van der Waals surface area contributed by atoms with Gasteiger partial charge in [0.05, 0.1) is 5.92 Å². The number of halogens is 1. The van der Waals surface area contributed by atoms with Crippen molar-refractivity contribution < 1.29 is 14.0 Å². The number of rotatable bonds is 7. The van der Waals surface area contributed by atoms with Gasteiger partial charge in [-0.3, -0.25) is 9.59 Å². The third kappa shape index (κ3) is 5.37. The van der Waals surface area contributed by atoms with Gasteiger partial charge in [0.25, 0.3) is 0 Å². The van der Waals surface area contributed by atoms with Crippen molar-refractivity contribution in [2.75, 3.05) is 5.32 Å². The van der Waals surface area contributed by atoms with E-state index in [-0.39, 0.29) is 17.7 Å². The molecule has 0 aromatic heterocycles. The molecule has 0 saturated heterocycles. The van der Waals surface area contributed by atoms with Crippen molar-refractivity contribution >= 4 is 17.5 Å². The second kappa shape index (κ2) is 10.0. The molecule has 0 spiro atoms. The van der Waals surface area contributed by atoms with Gasteiger partial charge >= 0.3 is 0 Å². The predicted molar refractivity (Wildman–Crippen MR) is 121 cm³/mol. The van der Waals surface area contributed by atoms with Gasteiger partial charge in [0.15, 0.2) is 0 Å². The molecular weight excluding hydrogens is 391 g/mol. The molecule has 0 aliphatic heterocycles. The van der Waals surface area contributed by atoms with Crippen LogP contribution in [0, 0.1) is 18.7 Å². The Hall–Kier alpha value is -3.47. The molecule has 0 aliphatic rings. The predicted octanol–water partition coefficient (Wildman–Crippen LogP) is 5.05. The normalized spacial score (nSPS) is 11.9. The van der Waals surface area contributed by atoms with Crippen LogP contribution in [-0.2, 0) is 9.59 Å². The molecule has 0 fully saturated rings. The van der Waals surface area contributed by atoms with Crippen LogP contribution in [0.25, 0.3) is 0 Å². The summed E-state index contributed by atoms with van der Waals surface area (Å²) in [5, 5.41) is 5.69. The zero-order chi connectivity index (χ0) is 22.4. The van der Waals surface area contributed by atoms with Gasteiger partial charge in [0, 0.05) is 11.3 Å². The van der Waals surface area contributed by atoms with Crippen molar-refractivity contribution in [2.24, 2.45) is 5.92 Å². The summed E-state index contributed by atoms with van der Waals surface area (Å²) in [4.78, 5) is 26.4. The Morgan fingerprint density at radius 3 is 1.84 bits per heavy atom. The third-order valence-electron chi connectivity index (χ3n) is 5.30. The molecule has 31 heavy (non-hydrogen) atoms. The first-order valence-corrected chi connectivity index (χ1v) is 10.3. The van der Waals surface area contributed by atoms with Gasteiger partial charge in [-0.25, -0.2) is 4.39 Å². The van der Waals surface area contributed by atoms with Crippen LogP contribution in [0.3, 0.4) is 0 Å². The van der Waals surface area contributed by atoms with E-state index in [1.165, 1.54) is 6.07 Å². The number of amides is 2. The third-order valence-corrected chi connectivity index (χ3v) is 5.30. The summed E-state index contributed by atoms with van der Waals surface area (Å²) in [6, 6.07) is 22.7. The van der Waals surface area contributed by atoms with E-state index in [2.05, 4.69) is 10.6 Å². The minimum absolute atomic E-state index is 0.162. The van der Waals surface area contributed by atoms with Crippen LogP contribution in [0.1, 0.15) is 36.5 Å². The van der Waals surface area contributed by atoms with Crippen molar-refractivity contribution in [1.82, 2.24) is 5.32 Å². The molecule has 4 nitrogen and oxygen atoms in total. The van der Waals surface area contributed by atoms with Crippen molar-refractivity contribution in [2.45, 2.75) is 32.7 Å². The van der Waals surface area contributed by atoms with E-state index in [1.54, 1.807) is 19.1 Å². The highest BCUT2D eigenvalue weighted by atomic mass is 19.1. The van der Waals surface area contributed by atoms with Crippen LogP contribution in [0.5, 0.6) is 0 Å². The lowest BCUT2D eigenvalue weighted by Crippen LogP contribution is -2.48. The van der Waals surface area contributed by atoms with Crippen molar-refractivity contribution in [3.8, 4) is 0 Å². The number of hydrogen-bond donors (Lipinski definition) is 2. The number of carbonyl (C=O) groups excluding carboxylic acids is 2. The molecule has 2 amide bonds. The summed E-state index contributed by atoms with van der Waals surface area (Å²) in [6.45, 7) is 5.33. The Morgan fingerprint density at radius 1 is 0.774 bits per heavy atom. The van der Waals surface area contributed by atoms with E-state index in [0.717, 1.165) is 11.1 Å². The lowest BCUT2D eigenvalue weighted by atomic mass is 9.89. The number of hydrogen-bond acceptors (Lipinski definition) is 2. The van der Waals surface area contributed by atoms with Crippen molar-refractivity contribution in [3.05, 3.63) is 101 Å². The maximum atomic E-state index is 13.9. The molecule has 0 radical (unpaired) electrons. The quantitative estimate of drug-likeness (QED) is 0.564. The van der Waals surface area contributed by atoms with Gasteiger partial charge in [-0.05, 0) is 36.1 Å². The summed E-state index contributed by atoms with van der Waals surface area (Å²) < 4.78 is 13.9. The molecule has 1 atom stereocenters. The maximum Gasteiger partial charge on any atom is 0.247 e. The Balaban J connectivity index is 1.85. The van der Waals surface area contributed by atoms with Gasteiger partial charge in [-0.15, -0.1) is 0 Å². The molecule has 3 aromatic rings. The first-order chi connectivity index (χ1) is 14.9. The van der Waals surface area contributed by atoms with Crippen molar-refractivity contribution in [1.29, 1.82) is 0 Å². The first kappa shape index (κ1) is 22.2. The van der Waals surface area contributed by atoms with Gasteiger partial charge in [0.2, 0.25) is 11.8 Å². The van der Waals surface area contributed by atoms with Crippen LogP contribution in [0.2, 0.25) is 0 Å². The smallest absolute Gasteiger partial charge is 0.247 e. The summed E-state index contributed by atoms with van der Waals surface area (Å²) in [7, 11) is 0. The average Bonchev–Trinajstić information content (AvgIpc) is 2.76. The van der Waals surface area contributed by atoms with Crippen LogP contribution in [-0.4, -0.2) is 17.9 Å². The van der Waals surface area contributed by atoms with Gasteiger partial charge in [0.1, 0.15) is 11.9 Å². The van der Waals surface area contributed by atoms with E-state index in [4.69, 9.17) is 0 Å². The minimum Gasteiger partial charge on any atom is -0.343 e. The highest BCUT2D eigenvalue weighted by Crippen LogP contribution is 2.25. The average molecular weight is 419 g/mol. The Labute approximate surface area is 182 Å². The molecular formula is C26H27FN2O2. The fourth-order valence-electron chi connectivity index (χ4n) is 3.51. The molecule has 3 aromatic carbocycles. The monoisotopic (exact) mass is 418 g/mol.